The Bertz CT molecular complexity index is 489. The van der Waals surface area contributed by atoms with Crippen molar-refractivity contribution in [3.05, 3.63) is 15.4 Å². The molecule has 0 spiro atoms. The number of thiophene rings is 1. The zero-order valence-corrected chi connectivity index (χ0v) is 14.1. The number of alkyl halides is 1. The van der Waals surface area contributed by atoms with Crippen molar-refractivity contribution >= 4 is 53.2 Å². The van der Waals surface area contributed by atoms with E-state index in [1.54, 1.807) is 10.4 Å². The number of sulfonamides is 1. The molecule has 1 aromatic heterocycles. The zero-order chi connectivity index (χ0) is 12.6. The van der Waals surface area contributed by atoms with E-state index < -0.39 is 10.0 Å². The van der Waals surface area contributed by atoms with E-state index in [-0.39, 0.29) is 6.04 Å². The Morgan fingerprint density at radius 3 is 2.59 bits per heavy atom. The first-order valence-electron chi connectivity index (χ1n) is 5.30. The van der Waals surface area contributed by atoms with Crippen LogP contribution in [0, 0.1) is 6.92 Å². The lowest BCUT2D eigenvalue weighted by Gasteiger charge is -2.19. The predicted octanol–water partition coefficient (Wildman–Crippen LogP) is 3.37. The van der Waals surface area contributed by atoms with Gasteiger partial charge < -0.3 is 0 Å². The van der Waals surface area contributed by atoms with E-state index in [0.717, 1.165) is 22.2 Å². The van der Waals surface area contributed by atoms with Crippen molar-refractivity contribution in [2.75, 3.05) is 11.9 Å². The first-order chi connectivity index (χ1) is 7.96. The second-order valence-electron chi connectivity index (χ2n) is 4.06. The summed E-state index contributed by atoms with van der Waals surface area (Å²) in [5.74, 6) is 0. The van der Waals surface area contributed by atoms with Gasteiger partial charge >= 0.3 is 0 Å². The van der Waals surface area contributed by atoms with Gasteiger partial charge in [0.05, 0.1) is 3.79 Å². The fourth-order valence-corrected chi connectivity index (χ4v) is 6.28. The number of aryl methyl sites for hydroxylation is 1. The Labute approximate surface area is 123 Å². The Morgan fingerprint density at radius 1 is 1.53 bits per heavy atom. The summed E-state index contributed by atoms with van der Waals surface area (Å²) in [5.41, 5.74) is 0.975. The fraction of sp³-hybridized carbons (Fsp3) is 0.600. The molecule has 0 bridgehead atoms. The summed E-state index contributed by atoms with van der Waals surface area (Å²) in [5, 5.41) is 0.675. The van der Waals surface area contributed by atoms with Gasteiger partial charge in [0.15, 0.2) is 0 Å². The molecule has 1 fully saturated rings. The first kappa shape index (κ1) is 14.0. The third kappa shape index (κ3) is 2.94. The van der Waals surface area contributed by atoms with Crippen molar-refractivity contribution < 1.29 is 8.42 Å². The van der Waals surface area contributed by atoms with Gasteiger partial charge in [0.25, 0.3) is 10.0 Å². The summed E-state index contributed by atoms with van der Waals surface area (Å²) in [6.45, 7) is 2.45. The van der Waals surface area contributed by atoms with E-state index in [9.17, 15) is 8.42 Å². The highest BCUT2D eigenvalue weighted by Gasteiger charge is 2.38. The molecule has 0 radical (unpaired) electrons. The first-order valence-corrected chi connectivity index (χ1v) is 9.47. The van der Waals surface area contributed by atoms with Crippen LogP contribution >= 0.6 is 43.2 Å². The molecule has 0 unspecified atom stereocenters. The highest BCUT2D eigenvalue weighted by atomic mass is 79.9. The molecule has 17 heavy (non-hydrogen) atoms. The smallest absolute Gasteiger partial charge is 0.206 e. The minimum absolute atomic E-state index is 0.207. The maximum atomic E-state index is 12.5. The molecule has 0 aromatic carbocycles. The Balaban J connectivity index is 2.33. The van der Waals surface area contributed by atoms with Crippen LogP contribution in [-0.4, -0.2) is 30.6 Å². The van der Waals surface area contributed by atoms with Crippen molar-refractivity contribution in [3.63, 3.8) is 0 Å². The molecular weight excluding hydrogens is 390 g/mol. The van der Waals surface area contributed by atoms with Crippen molar-refractivity contribution in [3.8, 4) is 0 Å². The van der Waals surface area contributed by atoms with Crippen molar-refractivity contribution in [1.82, 2.24) is 4.31 Å². The topological polar surface area (TPSA) is 37.4 Å². The van der Waals surface area contributed by atoms with Crippen LogP contribution in [0.2, 0.25) is 0 Å². The van der Waals surface area contributed by atoms with Gasteiger partial charge in [-0.1, -0.05) is 15.9 Å². The number of rotatable bonds is 5. The molecule has 96 valence electrons. The maximum absolute atomic E-state index is 12.5. The molecule has 1 aromatic rings. The number of halogens is 2. The van der Waals surface area contributed by atoms with Crippen molar-refractivity contribution in [2.45, 2.75) is 30.0 Å². The molecule has 1 saturated carbocycles. The molecule has 0 atom stereocenters. The predicted molar refractivity (Wildman–Crippen MR) is 77.5 cm³/mol. The summed E-state index contributed by atoms with van der Waals surface area (Å²) >= 11 is 7.99. The van der Waals surface area contributed by atoms with Crippen LogP contribution < -0.4 is 0 Å². The van der Waals surface area contributed by atoms with E-state index >= 15 is 0 Å². The average Bonchev–Trinajstić information content (AvgIpc) is 3.03. The summed E-state index contributed by atoms with van der Waals surface area (Å²) < 4.78 is 27.9. The Hall–Kier alpha value is 0.570. The van der Waals surface area contributed by atoms with E-state index in [2.05, 4.69) is 31.9 Å². The lowest BCUT2D eigenvalue weighted by atomic mass is 10.4. The van der Waals surface area contributed by atoms with E-state index in [4.69, 9.17) is 0 Å². The molecule has 7 heteroatoms. The normalized spacial score (nSPS) is 16.7. The molecule has 0 amide bonds. The molecule has 1 aliphatic carbocycles. The average molecular weight is 403 g/mol. The molecule has 0 aliphatic heterocycles. The van der Waals surface area contributed by atoms with Gasteiger partial charge in [-0.05, 0) is 47.3 Å². The quantitative estimate of drug-likeness (QED) is 0.708. The van der Waals surface area contributed by atoms with Crippen LogP contribution in [-0.2, 0) is 10.0 Å². The maximum Gasteiger partial charge on any atom is 0.252 e. The van der Waals surface area contributed by atoms with E-state index in [1.165, 1.54) is 11.3 Å². The molecule has 1 heterocycles. The van der Waals surface area contributed by atoms with Crippen LogP contribution in [0.1, 0.15) is 18.4 Å². The summed E-state index contributed by atoms with van der Waals surface area (Å²) in [7, 11) is -3.31. The van der Waals surface area contributed by atoms with Gasteiger partial charge in [0, 0.05) is 17.9 Å². The van der Waals surface area contributed by atoms with Gasteiger partial charge in [0.1, 0.15) is 4.21 Å². The number of hydrogen-bond acceptors (Lipinski definition) is 3. The summed E-state index contributed by atoms with van der Waals surface area (Å²) in [4.78, 5) is 0. The fourth-order valence-electron chi connectivity index (χ4n) is 1.62. The van der Waals surface area contributed by atoms with Gasteiger partial charge in [-0.15, -0.1) is 11.3 Å². The summed E-state index contributed by atoms with van der Waals surface area (Å²) in [6, 6.07) is 1.95. The number of hydrogen-bond donors (Lipinski definition) is 0. The van der Waals surface area contributed by atoms with Gasteiger partial charge in [-0.25, -0.2) is 8.42 Å². The molecule has 3 nitrogen and oxygen atoms in total. The molecule has 0 saturated heterocycles. The third-order valence-corrected chi connectivity index (χ3v) is 7.55. The highest BCUT2D eigenvalue weighted by molar-refractivity contribution is 9.11. The highest BCUT2D eigenvalue weighted by Crippen LogP contribution is 2.36. The summed E-state index contributed by atoms with van der Waals surface area (Å²) in [6.07, 6.45) is 1.97. The third-order valence-electron chi connectivity index (χ3n) is 2.66. The van der Waals surface area contributed by atoms with Crippen LogP contribution in [0.4, 0.5) is 0 Å². The van der Waals surface area contributed by atoms with Gasteiger partial charge in [-0.3, -0.25) is 0 Å². The molecule has 0 N–H and O–H groups in total. The lowest BCUT2D eigenvalue weighted by Crippen LogP contribution is -2.34. The minimum Gasteiger partial charge on any atom is -0.206 e. The second-order valence-corrected chi connectivity index (χ2v) is 9.34. The molecular formula is C10H13Br2NO2S2. The van der Waals surface area contributed by atoms with Crippen molar-refractivity contribution in [2.24, 2.45) is 0 Å². The van der Waals surface area contributed by atoms with Crippen LogP contribution in [0.3, 0.4) is 0 Å². The zero-order valence-electron chi connectivity index (χ0n) is 9.32. The van der Waals surface area contributed by atoms with Gasteiger partial charge in [0.2, 0.25) is 0 Å². The monoisotopic (exact) mass is 401 g/mol. The number of nitrogens with zero attached hydrogens (tertiary/aromatic N) is 1. The SMILES string of the molecule is Cc1cc(S(=O)(=O)N(CCBr)C2CC2)sc1Br. The second kappa shape index (κ2) is 5.28. The van der Waals surface area contributed by atoms with Crippen LogP contribution in [0.25, 0.3) is 0 Å². The molecule has 1 aliphatic rings. The Morgan fingerprint density at radius 2 is 2.18 bits per heavy atom. The van der Waals surface area contributed by atoms with Crippen LogP contribution in [0.5, 0.6) is 0 Å². The van der Waals surface area contributed by atoms with Crippen molar-refractivity contribution in [1.29, 1.82) is 0 Å². The van der Waals surface area contributed by atoms with E-state index in [1.807, 2.05) is 6.92 Å². The minimum atomic E-state index is -3.31. The largest absolute Gasteiger partial charge is 0.252 e. The van der Waals surface area contributed by atoms with Crippen LogP contribution in [0.15, 0.2) is 14.1 Å². The molecule has 2 rings (SSSR count). The Kier molecular flexibility index (Phi) is 4.35. The standard InChI is InChI=1S/C10H13Br2NO2S2/c1-7-6-9(16-10(7)12)17(14,15)13(5-4-11)8-2-3-8/h6,8H,2-5H2,1H3. The van der Waals surface area contributed by atoms with Gasteiger partial charge in [-0.2, -0.15) is 4.31 Å². The van der Waals surface area contributed by atoms with E-state index in [0.29, 0.717) is 16.1 Å². The lowest BCUT2D eigenvalue weighted by molar-refractivity contribution is 0.425.